The number of rotatable bonds is 5. The van der Waals surface area contributed by atoms with Crippen molar-refractivity contribution in [1.29, 1.82) is 0 Å². The average molecular weight is 233 g/mol. The quantitative estimate of drug-likeness (QED) is 0.764. The number of hydrogen-bond acceptors (Lipinski definition) is 5. The molecule has 0 fully saturated rings. The van der Waals surface area contributed by atoms with Gasteiger partial charge in [-0.25, -0.2) is 0 Å². The zero-order chi connectivity index (χ0) is 12.1. The van der Waals surface area contributed by atoms with Gasteiger partial charge in [0.15, 0.2) is 5.82 Å². The molecule has 2 rings (SSSR count). The zero-order valence-corrected chi connectivity index (χ0v) is 9.68. The van der Waals surface area contributed by atoms with Crippen molar-refractivity contribution in [2.45, 2.75) is 19.9 Å². The SMILES string of the molecule is Cc1noc(CCNCc2ccc(O)cc2)n1. The molecule has 0 aliphatic heterocycles. The first kappa shape index (κ1) is 11.6. The molecule has 0 amide bonds. The first-order chi connectivity index (χ1) is 8.24. The van der Waals surface area contributed by atoms with Crippen molar-refractivity contribution in [2.75, 3.05) is 6.54 Å². The van der Waals surface area contributed by atoms with Gasteiger partial charge in [-0.1, -0.05) is 17.3 Å². The topological polar surface area (TPSA) is 71.2 Å². The lowest BCUT2D eigenvalue weighted by molar-refractivity contribution is 0.372. The Morgan fingerprint density at radius 3 is 2.71 bits per heavy atom. The summed E-state index contributed by atoms with van der Waals surface area (Å²) in [6.45, 7) is 3.34. The van der Waals surface area contributed by atoms with Gasteiger partial charge in [0.2, 0.25) is 5.89 Å². The fourth-order valence-corrected chi connectivity index (χ4v) is 1.48. The molecule has 0 saturated carbocycles. The highest BCUT2D eigenvalue weighted by atomic mass is 16.5. The molecule has 1 aromatic heterocycles. The number of aromatic nitrogens is 2. The van der Waals surface area contributed by atoms with Crippen LogP contribution in [0.2, 0.25) is 0 Å². The van der Waals surface area contributed by atoms with E-state index in [9.17, 15) is 0 Å². The Balaban J connectivity index is 1.71. The largest absolute Gasteiger partial charge is 0.508 e. The van der Waals surface area contributed by atoms with E-state index >= 15 is 0 Å². The maximum absolute atomic E-state index is 9.13. The van der Waals surface area contributed by atoms with Crippen molar-refractivity contribution in [1.82, 2.24) is 15.5 Å². The Kier molecular flexibility index (Phi) is 3.72. The molecule has 17 heavy (non-hydrogen) atoms. The summed E-state index contributed by atoms with van der Waals surface area (Å²) in [4.78, 5) is 4.12. The minimum atomic E-state index is 0.287. The number of aromatic hydroxyl groups is 1. The normalized spacial score (nSPS) is 10.6. The molecule has 0 aliphatic rings. The van der Waals surface area contributed by atoms with Crippen LogP contribution in [0.15, 0.2) is 28.8 Å². The molecule has 0 spiro atoms. The van der Waals surface area contributed by atoms with Crippen molar-refractivity contribution in [2.24, 2.45) is 0 Å². The van der Waals surface area contributed by atoms with Crippen LogP contribution in [0.3, 0.4) is 0 Å². The summed E-state index contributed by atoms with van der Waals surface area (Å²) >= 11 is 0. The molecule has 0 aliphatic carbocycles. The van der Waals surface area contributed by atoms with E-state index in [4.69, 9.17) is 9.63 Å². The molecule has 2 aromatic rings. The molecular weight excluding hydrogens is 218 g/mol. The van der Waals surface area contributed by atoms with E-state index in [1.165, 1.54) is 0 Å². The summed E-state index contributed by atoms with van der Waals surface area (Å²) in [5.41, 5.74) is 1.13. The molecule has 0 bridgehead atoms. The van der Waals surface area contributed by atoms with E-state index in [1.807, 2.05) is 12.1 Å². The van der Waals surface area contributed by atoms with Crippen LogP contribution in [0.1, 0.15) is 17.3 Å². The van der Waals surface area contributed by atoms with Gasteiger partial charge < -0.3 is 14.9 Å². The van der Waals surface area contributed by atoms with Gasteiger partial charge in [-0.05, 0) is 24.6 Å². The van der Waals surface area contributed by atoms with Crippen LogP contribution in [0.5, 0.6) is 5.75 Å². The van der Waals surface area contributed by atoms with Crippen LogP contribution in [0, 0.1) is 6.92 Å². The van der Waals surface area contributed by atoms with E-state index in [0.717, 1.165) is 25.1 Å². The maximum atomic E-state index is 9.13. The minimum Gasteiger partial charge on any atom is -0.508 e. The van der Waals surface area contributed by atoms with Crippen LogP contribution in [-0.2, 0) is 13.0 Å². The number of aryl methyl sites for hydroxylation is 1. The standard InChI is InChI=1S/C12H15N3O2/c1-9-14-12(17-15-9)6-7-13-8-10-2-4-11(16)5-3-10/h2-5,13,16H,6-8H2,1H3. The van der Waals surface area contributed by atoms with Crippen LogP contribution in [0.4, 0.5) is 0 Å². The predicted molar refractivity (Wildman–Crippen MR) is 62.6 cm³/mol. The van der Waals surface area contributed by atoms with Gasteiger partial charge in [-0.2, -0.15) is 4.98 Å². The Labute approximate surface area is 99.5 Å². The number of benzene rings is 1. The van der Waals surface area contributed by atoms with E-state index in [1.54, 1.807) is 19.1 Å². The maximum Gasteiger partial charge on any atom is 0.227 e. The van der Waals surface area contributed by atoms with Crippen molar-refractivity contribution in [3.63, 3.8) is 0 Å². The van der Waals surface area contributed by atoms with Gasteiger partial charge in [0.1, 0.15) is 5.75 Å². The summed E-state index contributed by atoms with van der Waals surface area (Å²) in [5, 5.41) is 16.1. The molecular formula is C12H15N3O2. The Hall–Kier alpha value is -1.88. The van der Waals surface area contributed by atoms with Crippen molar-refractivity contribution in [3.8, 4) is 5.75 Å². The summed E-state index contributed by atoms with van der Waals surface area (Å²) in [7, 11) is 0. The van der Waals surface area contributed by atoms with Gasteiger partial charge in [0, 0.05) is 19.5 Å². The highest BCUT2D eigenvalue weighted by molar-refractivity contribution is 5.25. The second-order valence-corrected chi connectivity index (χ2v) is 3.83. The average Bonchev–Trinajstić information content (AvgIpc) is 2.73. The third-order valence-corrected chi connectivity index (χ3v) is 2.35. The highest BCUT2D eigenvalue weighted by Gasteiger charge is 2.01. The molecule has 5 nitrogen and oxygen atoms in total. The van der Waals surface area contributed by atoms with E-state index in [-0.39, 0.29) is 5.75 Å². The molecule has 0 atom stereocenters. The summed E-state index contributed by atoms with van der Waals surface area (Å²) in [6, 6.07) is 7.13. The Morgan fingerprint density at radius 1 is 1.29 bits per heavy atom. The highest BCUT2D eigenvalue weighted by Crippen LogP contribution is 2.09. The summed E-state index contributed by atoms with van der Waals surface area (Å²) in [6.07, 6.45) is 0.721. The van der Waals surface area contributed by atoms with E-state index < -0.39 is 0 Å². The second kappa shape index (κ2) is 5.45. The van der Waals surface area contributed by atoms with Gasteiger partial charge >= 0.3 is 0 Å². The van der Waals surface area contributed by atoms with Gasteiger partial charge in [-0.3, -0.25) is 0 Å². The number of phenols is 1. The molecule has 0 unspecified atom stereocenters. The molecule has 1 heterocycles. The third kappa shape index (κ3) is 3.57. The number of nitrogens with one attached hydrogen (secondary N) is 1. The van der Waals surface area contributed by atoms with Gasteiger partial charge in [-0.15, -0.1) is 0 Å². The van der Waals surface area contributed by atoms with Crippen molar-refractivity contribution >= 4 is 0 Å². The molecule has 1 aromatic carbocycles. The monoisotopic (exact) mass is 233 g/mol. The van der Waals surface area contributed by atoms with E-state index in [2.05, 4.69) is 15.5 Å². The smallest absolute Gasteiger partial charge is 0.227 e. The lowest BCUT2D eigenvalue weighted by Gasteiger charge is -2.03. The third-order valence-electron chi connectivity index (χ3n) is 2.35. The molecule has 5 heteroatoms. The van der Waals surface area contributed by atoms with Crippen molar-refractivity contribution in [3.05, 3.63) is 41.5 Å². The minimum absolute atomic E-state index is 0.287. The summed E-state index contributed by atoms with van der Waals surface area (Å²) < 4.78 is 5.00. The van der Waals surface area contributed by atoms with Crippen LogP contribution in [-0.4, -0.2) is 21.8 Å². The van der Waals surface area contributed by atoms with Crippen molar-refractivity contribution < 1.29 is 9.63 Å². The Bertz CT molecular complexity index is 465. The molecule has 2 N–H and O–H groups in total. The fourth-order valence-electron chi connectivity index (χ4n) is 1.48. The summed E-state index contributed by atoms with van der Waals surface area (Å²) in [5.74, 6) is 1.61. The molecule has 0 saturated heterocycles. The lowest BCUT2D eigenvalue weighted by Crippen LogP contribution is -2.16. The number of phenolic OH excluding ortho intramolecular Hbond substituents is 1. The van der Waals surface area contributed by atoms with Gasteiger partial charge in [0.25, 0.3) is 0 Å². The molecule has 90 valence electrons. The predicted octanol–water partition coefficient (Wildman–Crippen LogP) is 1.42. The van der Waals surface area contributed by atoms with Crippen LogP contribution in [0.25, 0.3) is 0 Å². The number of nitrogens with zero attached hydrogens (tertiary/aromatic N) is 2. The van der Waals surface area contributed by atoms with Crippen LogP contribution < -0.4 is 5.32 Å². The lowest BCUT2D eigenvalue weighted by atomic mass is 10.2. The van der Waals surface area contributed by atoms with Crippen LogP contribution >= 0.6 is 0 Å². The first-order valence-electron chi connectivity index (χ1n) is 5.52. The number of hydrogen-bond donors (Lipinski definition) is 2. The fraction of sp³-hybridized carbons (Fsp3) is 0.333. The van der Waals surface area contributed by atoms with Gasteiger partial charge in [0.05, 0.1) is 0 Å². The molecule has 0 radical (unpaired) electrons. The second-order valence-electron chi connectivity index (χ2n) is 3.83. The first-order valence-corrected chi connectivity index (χ1v) is 5.52. The van der Waals surface area contributed by atoms with E-state index in [0.29, 0.717) is 11.7 Å². The zero-order valence-electron chi connectivity index (χ0n) is 9.68. The Morgan fingerprint density at radius 2 is 2.06 bits per heavy atom.